The molecule has 0 amide bonds. The molecule has 270 valence electrons. The second kappa shape index (κ2) is 17.7. The number of rotatable bonds is 0. The molecular formula is C37H27N13O5. The molecule has 10 aromatic heterocycles. The van der Waals surface area contributed by atoms with Gasteiger partial charge >= 0.3 is 0 Å². The molecule has 0 fully saturated rings. The van der Waals surface area contributed by atoms with Gasteiger partial charge < -0.3 is 0 Å². The Morgan fingerprint density at radius 2 is 0.855 bits per heavy atom. The van der Waals surface area contributed by atoms with Crippen LogP contribution in [-0.4, -0.2) is 62.1 Å². The molecule has 55 heavy (non-hydrogen) atoms. The molecule has 0 aliphatic carbocycles. The lowest BCUT2D eigenvalue weighted by Gasteiger charge is -1.94. The summed E-state index contributed by atoms with van der Waals surface area (Å²) in [6.07, 6.45) is 20.4. The van der Waals surface area contributed by atoms with E-state index < -0.39 is 0 Å². The topological polar surface area (TPSA) is 211 Å². The monoisotopic (exact) mass is 733 g/mol. The van der Waals surface area contributed by atoms with Gasteiger partial charge in [0.05, 0.1) is 6.20 Å². The molecule has 0 atom stereocenters. The maximum atomic E-state index is 11.1. The predicted molar refractivity (Wildman–Crippen MR) is 201 cm³/mol. The Hall–Kier alpha value is -8.41. The molecule has 0 saturated heterocycles. The average molecular weight is 734 g/mol. The molecule has 0 bridgehead atoms. The van der Waals surface area contributed by atoms with Gasteiger partial charge in [-0.3, -0.25) is 46.6 Å². The van der Waals surface area contributed by atoms with Crippen LogP contribution in [0, 0.1) is 0 Å². The summed E-state index contributed by atoms with van der Waals surface area (Å²) in [7, 11) is 0. The van der Waals surface area contributed by atoms with Gasteiger partial charge in [-0.15, -0.1) is 0 Å². The first-order valence-electron chi connectivity index (χ1n) is 16.1. The van der Waals surface area contributed by atoms with E-state index in [0.717, 1.165) is 0 Å². The standard InChI is InChI=1S/2C8H6N2O.3C7H5N3O/c11-8-4-1-3-7-9-5-2-6-10(7)8;11-8-4-5-9-7-3-1-2-6-10(7)8;11-6-2-4-9-7-8-3-1-5-10(6)7;11-7-1-2-9-6-5-8-3-4-10(6)7;11-7-3-5-8-6-2-1-4-9-10(6)7/h2*1-6H;3*1-5H. The highest BCUT2D eigenvalue weighted by Crippen LogP contribution is 1.94. The summed E-state index contributed by atoms with van der Waals surface area (Å²) in [5.74, 6) is 0.431. The summed E-state index contributed by atoms with van der Waals surface area (Å²) in [5, 5.41) is 3.82. The van der Waals surface area contributed by atoms with Crippen molar-refractivity contribution < 1.29 is 0 Å². The van der Waals surface area contributed by atoms with Crippen molar-refractivity contribution in [3.63, 3.8) is 0 Å². The van der Waals surface area contributed by atoms with Crippen LogP contribution >= 0.6 is 0 Å². The van der Waals surface area contributed by atoms with Crippen LogP contribution in [-0.2, 0) is 0 Å². The first-order chi connectivity index (χ1) is 26.9. The third-order valence-electron chi connectivity index (χ3n) is 7.13. The Morgan fingerprint density at radius 1 is 0.345 bits per heavy atom. The molecule has 0 saturated carbocycles. The van der Waals surface area contributed by atoms with Gasteiger partial charge in [0.25, 0.3) is 27.8 Å². The molecule has 0 spiro atoms. The molecule has 10 heterocycles. The first kappa shape index (κ1) is 36.4. The van der Waals surface area contributed by atoms with E-state index in [-0.39, 0.29) is 27.8 Å². The van der Waals surface area contributed by atoms with Crippen molar-refractivity contribution in [2.45, 2.75) is 0 Å². The minimum Gasteiger partial charge on any atom is -0.269 e. The van der Waals surface area contributed by atoms with Crippen LogP contribution in [0.3, 0.4) is 0 Å². The zero-order valence-corrected chi connectivity index (χ0v) is 28.4. The lowest BCUT2D eigenvalue weighted by atomic mass is 10.4. The molecule has 0 N–H and O–H groups in total. The minimum atomic E-state index is -0.157. The van der Waals surface area contributed by atoms with E-state index in [9.17, 15) is 24.0 Å². The molecule has 10 rings (SSSR count). The summed E-state index contributed by atoms with van der Waals surface area (Å²) in [5.41, 5.74) is 2.06. The smallest absolute Gasteiger partial charge is 0.269 e. The number of fused-ring (bicyclic) bond motifs is 5. The largest absolute Gasteiger partial charge is 0.274 e. The number of hydrogen-bond acceptors (Lipinski definition) is 13. The summed E-state index contributed by atoms with van der Waals surface area (Å²) >= 11 is 0. The van der Waals surface area contributed by atoms with E-state index in [1.54, 1.807) is 104 Å². The van der Waals surface area contributed by atoms with Crippen LogP contribution in [0.4, 0.5) is 0 Å². The van der Waals surface area contributed by atoms with Crippen molar-refractivity contribution in [2.75, 3.05) is 0 Å². The van der Waals surface area contributed by atoms with Gasteiger partial charge in [0, 0.05) is 105 Å². The number of nitrogens with zero attached hydrogens (tertiary/aromatic N) is 13. The second-order valence-electron chi connectivity index (χ2n) is 10.7. The van der Waals surface area contributed by atoms with E-state index in [2.05, 4.69) is 40.0 Å². The second-order valence-corrected chi connectivity index (χ2v) is 10.7. The highest BCUT2D eigenvalue weighted by molar-refractivity contribution is 5.37. The number of hydrogen-bond donors (Lipinski definition) is 0. The fourth-order valence-electron chi connectivity index (χ4n) is 4.62. The molecule has 0 aliphatic rings. The van der Waals surface area contributed by atoms with Crippen molar-refractivity contribution in [1.29, 1.82) is 0 Å². The number of pyridine rings is 2. The zero-order chi connectivity index (χ0) is 38.4. The molecule has 18 nitrogen and oxygen atoms in total. The highest BCUT2D eigenvalue weighted by Gasteiger charge is 1.95. The summed E-state index contributed by atoms with van der Waals surface area (Å²) in [6.45, 7) is 0. The summed E-state index contributed by atoms with van der Waals surface area (Å²) < 4.78 is 7.08. The van der Waals surface area contributed by atoms with E-state index >= 15 is 0 Å². The SMILES string of the molecule is O=c1cccc2ncccn12.O=c1ccnc2ccccn12.O=c1ccnc2cccnn12.O=c1ccnc2cnccn12.O=c1ccnc2ncccn12. The Kier molecular flexibility index (Phi) is 11.7. The summed E-state index contributed by atoms with van der Waals surface area (Å²) in [6, 6.07) is 23.0. The van der Waals surface area contributed by atoms with Gasteiger partial charge in [-0.2, -0.15) is 9.61 Å². The van der Waals surface area contributed by atoms with E-state index in [4.69, 9.17) is 0 Å². The van der Waals surface area contributed by atoms with Gasteiger partial charge in [-0.1, -0.05) is 12.1 Å². The van der Waals surface area contributed by atoms with Gasteiger partial charge in [0.2, 0.25) is 5.78 Å². The maximum Gasteiger partial charge on any atom is 0.274 e. The predicted octanol–water partition coefficient (Wildman–Crippen LogP) is 1.66. The van der Waals surface area contributed by atoms with Crippen LogP contribution in [0.25, 0.3) is 28.4 Å². The van der Waals surface area contributed by atoms with Crippen molar-refractivity contribution in [1.82, 2.24) is 62.1 Å². The molecule has 0 aliphatic heterocycles. The minimum absolute atomic E-state index is 0.0457. The van der Waals surface area contributed by atoms with Crippen LogP contribution in [0.5, 0.6) is 0 Å². The third-order valence-corrected chi connectivity index (χ3v) is 7.13. The molecule has 0 unspecified atom stereocenters. The lowest BCUT2D eigenvalue weighted by molar-refractivity contribution is 0.866. The zero-order valence-electron chi connectivity index (χ0n) is 28.4. The fraction of sp³-hybridized carbons (Fsp3) is 0. The quantitative estimate of drug-likeness (QED) is 0.217. The van der Waals surface area contributed by atoms with Crippen molar-refractivity contribution in [2.24, 2.45) is 0 Å². The van der Waals surface area contributed by atoms with Crippen LogP contribution < -0.4 is 27.8 Å². The van der Waals surface area contributed by atoms with E-state index in [1.807, 2.05) is 6.07 Å². The van der Waals surface area contributed by atoms with Crippen molar-refractivity contribution >= 4 is 28.4 Å². The van der Waals surface area contributed by atoms with Crippen LogP contribution in [0.2, 0.25) is 0 Å². The van der Waals surface area contributed by atoms with E-state index in [0.29, 0.717) is 28.4 Å². The third kappa shape index (κ3) is 9.28. The average Bonchev–Trinajstić information content (AvgIpc) is 3.23. The highest BCUT2D eigenvalue weighted by atomic mass is 16.1. The van der Waals surface area contributed by atoms with Crippen molar-refractivity contribution in [3.8, 4) is 0 Å². The molecule has 0 radical (unpaired) electrons. The normalized spacial score (nSPS) is 10.2. The van der Waals surface area contributed by atoms with E-state index in [1.165, 1.54) is 77.2 Å². The van der Waals surface area contributed by atoms with Gasteiger partial charge in [0.15, 0.2) is 11.3 Å². The van der Waals surface area contributed by atoms with Crippen molar-refractivity contribution in [3.05, 3.63) is 217 Å². The molecule has 10 aromatic rings. The maximum absolute atomic E-state index is 11.1. The lowest BCUT2D eigenvalue weighted by Crippen LogP contribution is -2.14. The summed E-state index contributed by atoms with van der Waals surface area (Å²) in [4.78, 5) is 82.9. The Labute approximate surface area is 307 Å². The van der Waals surface area contributed by atoms with Gasteiger partial charge in [0.1, 0.15) is 11.3 Å². The van der Waals surface area contributed by atoms with Crippen LogP contribution in [0.15, 0.2) is 189 Å². The fourth-order valence-corrected chi connectivity index (χ4v) is 4.62. The Bertz CT molecular complexity index is 2640. The number of aromatic nitrogens is 13. The Morgan fingerprint density at radius 3 is 1.55 bits per heavy atom. The Balaban J connectivity index is 0.000000117. The molecule has 18 heteroatoms. The van der Waals surface area contributed by atoms with Crippen LogP contribution in [0.1, 0.15) is 0 Å². The van der Waals surface area contributed by atoms with Gasteiger partial charge in [-0.25, -0.2) is 29.9 Å². The molecule has 0 aromatic carbocycles. The molecular weight excluding hydrogens is 706 g/mol. The first-order valence-corrected chi connectivity index (χ1v) is 16.1. The van der Waals surface area contributed by atoms with Gasteiger partial charge in [-0.05, 0) is 42.5 Å².